The predicted molar refractivity (Wildman–Crippen MR) is 63.1 cm³/mol. The Morgan fingerprint density at radius 3 is 2.71 bits per heavy atom. The molecule has 0 heterocycles. The van der Waals surface area contributed by atoms with E-state index in [4.69, 9.17) is 5.73 Å². The summed E-state index contributed by atoms with van der Waals surface area (Å²) in [6.07, 6.45) is 0. The molecule has 1 atom stereocenters. The third-order valence-corrected chi connectivity index (χ3v) is 2.58. The van der Waals surface area contributed by atoms with E-state index in [1.807, 2.05) is 19.1 Å². The van der Waals surface area contributed by atoms with Gasteiger partial charge in [-0.25, -0.2) is 4.79 Å². The van der Waals surface area contributed by atoms with Gasteiger partial charge in [0.2, 0.25) is 0 Å². The number of hydrogen-bond donors (Lipinski definition) is 1. The van der Waals surface area contributed by atoms with Gasteiger partial charge in [-0.2, -0.15) is 0 Å². The van der Waals surface area contributed by atoms with Crippen LogP contribution in [0.4, 0.5) is 0 Å². The van der Waals surface area contributed by atoms with E-state index in [9.17, 15) is 4.79 Å². The molecule has 0 amide bonds. The van der Waals surface area contributed by atoms with Gasteiger partial charge in [0.05, 0.1) is 12.7 Å². The molecule has 2 N–H and O–H groups in total. The number of rotatable bonds is 2. The van der Waals surface area contributed by atoms with Crippen LogP contribution in [0.1, 0.15) is 28.9 Å². The molecular formula is C10H12INO2. The van der Waals surface area contributed by atoms with Gasteiger partial charge in [-0.3, -0.25) is 0 Å². The van der Waals surface area contributed by atoms with Gasteiger partial charge in [0, 0.05) is 9.61 Å². The van der Waals surface area contributed by atoms with Crippen LogP contribution in [0.2, 0.25) is 0 Å². The molecule has 0 aromatic heterocycles. The summed E-state index contributed by atoms with van der Waals surface area (Å²) < 4.78 is 5.68. The molecule has 0 spiro atoms. The van der Waals surface area contributed by atoms with Crippen molar-refractivity contribution in [2.45, 2.75) is 13.0 Å². The van der Waals surface area contributed by atoms with Crippen LogP contribution in [0.5, 0.6) is 0 Å². The fourth-order valence-electron chi connectivity index (χ4n) is 1.21. The molecule has 0 radical (unpaired) electrons. The lowest BCUT2D eigenvalue weighted by Gasteiger charge is -2.11. The molecule has 0 saturated heterocycles. The maximum Gasteiger partial charge on any atom is 0.338 e. The number of nitrogens with two attached hydrogens (primary N) is 1. The molecule has 1 rings (SSSR count). The van der Waals surface area contributed by atoms with Crippen LogP contribution in [0.15, 0.2) is 18.2 Å². The van der Waals surface area contributed by atoms with E-state index in [1.165, 1.54) is 7.11 Å². The summed E-state index contributed by atoms with van der Waals surface area (Å²) in [5.74, 6) is -0.337. The Morgan fingerprint density at radius 1 is 1.57 bits per heavy atom. The second-order valence-electron chi connectivity index (χ2n) is 3.01. The van der Waals surface area contributed by atoms with E-state index in [2.05, 4.69) is 27.3 Å². The summed E-state index contributed by atoms with van der Waals surface area (Å²) in [7, 11) is 1.37. The minimum atomic E-state index is -0.337. The molecule has 3 nitrogen and oxygen atoms in total. The molecule has 0 aliphatic rings. The predicted octanol–water partition coefficient (Wildman–Crippen LogP) is 2.10. The molecule has 0 aliphatic heterocycles. The first-order chi connectivity index (χ1) is 6.56. The van der Waals surface area contributed by atoms with Crippen molar-refractivity contribution < 1.29 is 9.53 Å². The molecule has 0 bridgehead atoms. The van der Waals surface area contributed by atoms with Gasteiger partial charge in [-0.1, -0.05) is 6.07 Å². The van der Waals surface area contributed by atoms with Crippen LogP contribution in [-0.4, -0.2) is 13.1 Å². The molecule has 1 aromatic carbocycles. The van der Waals surface area contributed by atoms with Crippen molar-refractivity contribution in [3.8, 4) is 0 Å². The molecule has 0 saturated carbocycles. The molecule has 76 valence electrons. The zero-order valence-corrected chi connectivity index (χ0v) is 10.2. The lowest BCUT2D eigenvalue weighted by Crippen LogP contribution is -2.13. The van der Waals surface area contributed by atoms with Crippen LogP contribution in [0.3, 0.4) is 0 Å². The van der Waals surface area contributed by atoms with Crippen LogP contribution in [0, 0.1) is 3.57 Å². The quantitative estimate of drug-likeness (QED) is 0.672. The SMILES string of the molecule is COC(=O)c1cc(I)ccc1[C@H](C)N. The van der Waals surface area contributed by atoms with E-state index in [1.54, 1.807) is 6.07 Å². The molecule has 0 aliphatic carbocycles. The first-order valence-corrected chi connectivity index (χ1v) is 5.27. The van der Waals surface area contributed by atoms with Crippen LogP contribution >= 0.6 is 22.6 Å². The van der Waals surface area contributed by atoms with Crippen LogP contribution in [-0.2, 0) is 4.74 Å². The Labute approximate surface area is 96.8 Å². The number of benzene rings is 1. The Hall–Kier alpha value is -0.620. The van der Waals surface area contributed by atoms with Crippen molar-refractivity contribution in [3.63, 3.8) is 0 Å². The molecule has 1 aromatic rings. The van der Waals surface area contributed by atoms with Crippen molar-refractivity contribution in [1.82, 2.24) is 0 Å². The van der Waals surface area contributed by atoms with Gasteiger partial charge in [-0.15, -0.1) is 0 Å². The van der Waals surface area contributed by atoms with Gasteiger partial charge in [0.15, 0.2) is 0 Å². The van der Waals surface area contributed by atoms with Gasteiger partial charge in [0.1, 0.15) is 0 Å². The van der Waals surface area contributed by atoms with Gasteiger partial charge >= 0.3 is 5.97 Å². The maximum absolute atomic E-state index is 11.4. The van der Waals surface area contributed by atoms with Crippen molar-refractivity contribution in [1.29, 1.82) is 0 Å². The van der Waals surface area contributed by atoms with Crippen LogP contribution < -0.4 is 5.73 Å². The highest BCUT2D eigenvalue weighted by Crippen LogP contribution is 2.19. The lowest BCUT2D eigenvalue weighted by atomic mass is 10.0. The van der Waals surface area contributed by atoms with E-state index in [-0.39, 0.29) is 12.0 Å². The number of carbonyl (C=O) groups is 1. The fraction of sp³-hybridized carbons (Fsp3) is 0.300. The molecule has 4 heteroatoms. The Balaban J connectivity index is 3.22. The Kier molecular flexibility index (Phi) is 3.88. The smallest absolute Gasteiger partial charge is 0.338 e. The van der Waals surface area contributed by atoms with Crippen molar-refractivity contribution in [3.05, 3.63) is 32.9 Å². The number of esters is 1. The summed E-state index contributed by atoms with van der Waals surface area (Å²) >= 11 is 2.15. The monoisotopic (exact) mass is 305 g/mol. The molecule has 0 fully saturated rings. The normalized spacial score (nSPS) is 12.3. The van der Waals surface area contributed by atoms with Gasteiger partial charge < -0.3 is 10.5 Å². The second kappa shape index (κ2) is 4.75. The van der Waals surface area contributed by atoms with Crippen LogP contribution in [0.25, 0.3) is 0 Å². The Morgan fingerprint density at radius 2 is 2.21 bits per heavy atom. The summed E-state index contributed by atoms with van der Waals surface area (Å²) in [5.41, 5.74) is 7.11. The van der Waals surface area contributed by atoms with E-state index in [0.29, 0.717) is 5.56 Å². The zero-order chi connectivity index (χ0) is 10.7. The van der Waals surface area contributed by atoms with Crippen molar-refractivity contribution in [2.75, 3.05) is 7.11 Å². The number of ether oxygens (including phenoxy) is 1. The summed E-state index contributed by atoms with van der Waals surface area (Å²) in [6, 6.07) is 5.40. The maximum atomic E-state index is 11.4. The average molecular weight is 305 g/mol. The van der Waals surface area contributed by atoms with Gasteiger partial charge in [0.25, 0.3) is 0 Å². The highest BCUT2D eigenvalue weighted by molar-refractivity contribution is 14.1. The largest absolute Gasteiger partial charge is 0.465 e. The number of carbonyl (C=O) groups excluding carboxylic acids is 1. The Bertz CT molecular complexity index is 350. The van der Waals surface area contributed by atoms with E-state index in [0.717, 1.165) is 9.13 Å². The topological polar surface area (TPSA) is 52.3 Å². The standard InChI is InChI=1S/C10H12INO2/c1-6(12)8-4-3-7(11)5-9(8)10(13)14-2/h3-6H,12H2,1-2H3/t6-/m0/s1. The number of methoxy groups -OCH3 is 1. The van der Waals surface area contributed by atoms with Gasteiger partial charge in [-0.05, 0) is 47.2 Å². The van der Waals surface area contributed by atoms with Crippen molar-refractivity contribution >= 4 is 28.6 Å². The minimum absolute atomic E-state index is 0.166. The first kappa shape index (κ1) is 11.5. The first-order valence-electron chi connectivity index (χ1n) is 4.19. The summed E-state index contributed by atoms with van der Waals surface area (Å²) in [6.45, 7) is 1.84. The fourth-order valence-corrected chi connectivity index (χ4v) is 1.70. The lowest BCUT2D eigenvalue weighted by molar-refractivity contribution is 0.0599. The minimum Gasteiger partial charge on any atom is -0.465 e. The zero-order valence-electron chi connectivity index (χ0n) is 8.08. The highest BCUT2D eigenvalue weighted by atomic mass is 127. The highest BCUT2D eigenvalue weighted by Gasteiger charge is 2.14. The number of halogens is 1. The van der Waals surface area contributed by atoms with E-state index >= 15 is 0 Å². The average Bonchev–Trinajstić information content (AvgIpc) is 2.16. The summed E-state index contributed by atoms with van der Waals surface area (Å²) in [4.78, 5) is 11.4. The summed E-state index contributed by atoms with van der Waals surface area (Å²) in [5, 5.41) is 0. The number of hydrogen-bond acceptors (Lipinski definition) is 3. The molecular weight excluding hydrogens is 293 g/mol. The second-order valence-corrected chi connectivity index (χ2v) is 4.26. The molecule has 0 unspecified atom stereocenters. The third kappa shape index (κ3) is 2.45. The molecule has 14 heavy (non-hydrogen) atoms. The van der Waals surface area contributed by atoms with Crippen molar-refractivity contribution in [2.24, 2.45) is 5.73 Å². The third-order valence-electron chi connectivity index (χ3n) is 1.91. The van der Waals surface area contributed by atoms with E-state index < -0.39 is 0 Å².